The number of ether oxygens (including phenoxy) is 1. The average Bonchev–Trinajstić information content (AvgIpc) is 2.97. The zero-order valence-electron chi connectivity index (χ0n) is 16.3. The Morgan fingerprint density at radius 2 is 1.72 bits per heavy atom. The SMILES string of the molecule is COc1ccc2cc3c4c(cc5c6ccccc6cnc35)CCCCc4c2c1O. The topological polar surface area (TPSA) is 42.4 Å². The number of methoxy groups -OCH3 is 1. The van der Waals surface area contributed by atoms with Crippen molar-refractivity contribution in [2.75, 3.05) is 7.11 Å². The molecule has 0 amide bonds. The fraction of sp³-hybridized carbons (Fsp3) is 0.192. The van der Waals surface area contributed by atoms with Crippen molar-refractivity contribution in [2.45, 2.75) is 25.7 Å². The summed E-state index contributed by atoms with van der Waals surface area (Å²) in [6.07, 6.45) is 6.26. The van der Waals surface area contributed by atoms with Gasteiger partial charge in [0, 0.05) is 27.7 Å². The van der Waals surface area contributed by atoms with Crippen LogP contribution in [-0.4, -0.2) is 17.2 Å². The molecule has 0 spiro atoms. The van der Waals surface area contributed by atoms with Crippen molar-refractivity contribution in [3.8, 4) is 11.5 Å². The number of rotatable bonds is 1. The van der Waals surface area contributed by atoms with E-state index < -0.39 is 0 Å². The third-order valence-electron chi connectivity index (χ3n) is 6.42. The summed E-state index contributed by atoms with van der Waals surface area (Å²) < 4.78 is 5.40. The van der Waals surface area contributed by atoms with Gasteiger partial charge in [0.15, 0.2) is 11.5 Å². The Morgan fingerprint density at radius 1 is 0.862 bits per heavy atom. The van der Waals surface area contributed by atoms with Gasteiger partial charge in [-0.1, -0.05) is 30.3 Å². The molecule has 5 aromatic rings. The van der Waals surface area contributed by atoms with Crippen LogP contribution in [0.25, 0.3) is 43.2 Å². The van der Waals surface area contributed by atoms with E-state index in [9.17, 15) is 5.11 Å². The van der Waals surface area contributed by atoms with Crippen molar-refractivity contribution in [3.05, 3.63) is 65.9 Å². The van der Waals surface area contributed by atoms with E-state index in [4.69, 9.17) is 9.72 Å². The molecule has 0 atom stereocenters. The quantitative estimate of drug-likeness (QED) is 0.275. The Morgan fingerprint density at radius 3 is 2.62 bits per heavy atom. The number of nitrogens with zero attached hydrogens (tertiary/aromatic N) is 1. The number of aromatic hydroxyl groups is 1. The molecule has 0 saturated carbocycles. The van der Waals surface area contributed by atoms with Gasteiger partial charge in [-0.3, -0.25) is 4.98 Å². The lowest BCUT2D eigenvalue weighted by Crippen LogP contribution is -1.95. The molecule has 0 aliphatic heterocycles. The van der Waals surface area contributed by atoms with Crippen molar-refractivity contribution in [3.63, 3.8) is 0 Å². The molecule has 4 aromatic carbocycles. The van der Waals surface area contributed by atoms with Gasteiger partial charge < -0.3 is 9.84 Å². The van der Waals surface area contributed by atoms with E-state index >= 15 is 0 Å². The summed E-state index contributed by atoms with van der Waals surface area (Å²) in [5, 5.41) is 19.0. The Labute approximate surface area is 168 Å². The van der Waals surface area contributed by atoms with Gasteiger partial charge in [0.1, 0.15) is 0 Å². The first-order valence-corrected chi connectivity index (χ1v) is 10.2. The molecule has 0 radical (unpaired) electrons. The van der Waals surface area contributed by atoms with Gasteiger partial charge in [-0.2, -0.15) is 0 Å². The van der Waals surface area contributed by atoms with Gasteiger partial charge in [0.2, 0.25) is 0 Å². The normalized spacial score (nSPS) is 14.0. The van der Waals surface area contributed by atoms with E-state index in [-0.39, 0.29) is 5.75 Å². The summed E-state index contributed by atoms with van der Waals surface area (Å²) in [6, 6.07) is 16.9. The molecule has 0 unspecified atom stereocenters. The zero-order chi connectivity index (χ0) is 19.5. The van der Waals surface area contributed by atoms with Crippen LogP contribution < -0.4 is 4.74 Å². The summed E-state index contributed by atoms with van der Waals surface area (Å²) in [6.45, 7) is 0. The maximum Gasteiger partial charge on any atom is 0.165 e. The van der Waals surface area contributed by atoms with Gasteiger partial charge in [-0.25, -0.2) is 0 Å². The number of aryl methyl sites for hydroxylation is 2. The standard InChI is InChI=1S/C26H21NO2/c1-29-22-11-10-16-13-21-23-15(6-2-5-9-19(23)24(16)26(22)28)12-20-18-8-4-3-7-17(18)14-27-25(20)21/h3-4,7-8,10-14,28H,2,5-6,9H2,1H3. The second-order valence-electron chi connectivity index (χ2n) is 7.98. The second kappa shape index (κ2) is 6.08. The molecule has 1 N–H and O–H groups in total. The van der Waals surface area contributed by atoms with E-state index in [0.29, 0.717) is 5.75 Å². The van der Waals surface area contributed by atoms with Gasteiger partial charge >= 0.3 is 0 Å². The molecule has 3 nitrogen and oxygen atoms in total. The molecule has 0 fully saturated rings. The van der Waals surface area contributed by atoms with Crippen LogP contribution in [0.2, 0.25) is 0 Å². The van der Waals surface area contributed by atoms with E-state index in [1.807, 2.05) is 18.3 Å². The Kier molecular flexibility index (Phi) is 3.48. The maximum atomic E-state index is 10.9. The number of phenolic OH excluding ortho intramolecular Hbond substituents is 1. The molecule has 3 heteroatoms. The smallest absolute Gasteiger partial charge is 0.165 e. The van der Waals surface area contributed by atoms with Crippen LogP contribution in [0, 0.1) is 0 Å². The average molecular weight is 379 g/mol. The van der Waals surface area contributed by atoms with Gasteiger partial charge in [-0.15, -0.1) is 0 Å². The number of hydrogen-bond donors (Lipinski definition) is 1. The fourth-order valence-corrected chi connectivity index (χ4v) is 5.12. The molecule has 0 bridgehead atoms. The molecule has 29 heavy (non-hydrogen) atoms. The predicted molar refractivity (Wildman–Crippen MR) is 119 cm³/mol. The minimum Gasteiger partial charge on any atom is -0.504 e. The monoisotopic (exact) mass is 379 g/mol. The van der Waals surface area contributed by atoms with Gasteiger partial charge in [-0.05, 0) is 71.2 Å². The summed E-state index contributed by atoms with van der Waals surface area (Å²) >= 11 is 0. The van der Waals surface area contributed by atoms with E-state index in [1.54, 1.807) is 7.11 Å². The van der Waals surface area contributed by atoms with Crippen LogP contribution in [0.4, 0.5) is 0 Å². The molecular weight excluding hydrogens is 358 g/mol. The molecule has 6 rings (SSSR count). The lowest BCUT2D eigenvalue weighted by atomic mass is 9.89. The van der Waals surface area contributed by atoms with Gasteiger partial charge in [0.25, 0.3) is 0 Å². The van der Waals surface area contributed by atoms with Crippen molar-refractivity contribution >= 4 is 43.2 Å². The molecular formula is C26H21NO2. The highest BCUT2D eigenvalue weighted by Gasteiger charge is 2.21. The lowest BCUT2D eigenvalue weighted by Gasteiger charge is -2.17. The first kappa shape index (κ1) is 16.6. The highest BCUT2D eigenvalue weighted by Crippen LogP contribution is 2.44. The number of phenols is 1. The first-order chi connectivity index (χ1) is 14.3. The van der Waals surface area contributed by atoms with Gasteiger partial charge in [0.05, 0.1) is 12.6 Å². The molecule has 1 aliphatic carbocycles. The van der Waals surface area contributed by atoms with Crippen molar-refractivity contribution in [1.29, 1.82) is 0 Å². The lowest BCUT2D eigenvalue weighted by molar-refractivity contribution is 0.376. The summed E-state index contributed by atoms with van der Waals surface area (Å²) in [4.78, 5) is 4.88. The molecule has 142 valence electrons. The van der Waals surface area contributed by atoms with Crippen molar-refractivity contribution in [2.24, 2.45) is 0 Å². The van der Waals surface area contributed by atoms with E-state index in [2.05, 4.69) is 36.4 Å². The van der Waals surface area contributed by atoms with Crippen LogP contribution in [0.15, 0.2) is 54.7 Å². The number of benzene rings is 4. The molecule has 1 aromatic heterocycles. The third-order valence-corrected chi connectivity index (χ3v) is 6.42. The highest BCUT2D eigenvalue weighted by molar-refractivity contribution is 6.20. The Hall–Kier alpha value is -3.33. The zero-order valence-corrected chi connectivity index (χ0v) is 16.3. The van der Waals surface area contributed by atoms with Crippen LogP contribution in [0.3, 0.4) is 0 Å². The van der Waals surface area contributed by atoms with Crippen LogP contribution in [-0.2, 0) is 12.8 Å². The van der Waals surface area contributed by atoms with Crippen LogP contribution in [0.5, 0.6) is 11.5 Å². The summed E-state index contributed by atoms with van der Waals surface area (Å²) in [5.74, 6) is 0.783. The largest absolute Gasteiger partial charge is 0.504 e. The van der Waals surface area contributed by atoms with Crippen LogP contribution >= 0.6 is 0 Å². The summed E-state index contributed by atoms with van der Waals surface area (Å²) in [5.41, 5.74) is 3.64. The number of aromatic nitrogens is 1. The van der Waals surface area contributed by atoms with E-state index in [1.165, 1.54) is 38.1 Å². The molecule has 1 aliphatic rings. The van der Waals surface area contributed by atoms with Crippen molar-refractivity contribution < 1.29 is 9.84 Å². The fourth-order valence-electron chi connectivity index (χ4n) is 5.12. The maximum absolute atomic E-state index is 10.9. The third kappa shape index (κ3) is 2.27. The first-order valence-electron chi connectivity index (χ1n) is 10.2. The number of fused-ring (bicyclic) bond motifs is 6. The molecule has 1 heterocycles. The number of hydrogen-bond acceptors (Lipinski definition) is 3. The van der Waals surface area contributed by atoms with Crippen LogP contribution in [0.1, 0.15) is 24.0 Å². The minimum absolute atomic E-state index is 0.251. The minimum atomic E-state index is 0.251. The Bertz CT molecular complexity index is 1450. The van der Waals surface area contributed by atoms with Crippen molar-refractivity contribution in [1.82, 2.24) is 4.98 Å². The Balaban J connectivity index is 1.87. The summed E-state index contributed by atoms with van der Waals surface area (Å²) in [7, 11) is 1.60. The predicted octanol–water partition coefficient (Wildman–Crippen LogP) is 6.29. The highest BCUT2D eigenvalue weighted by atomic mass is 16.5. The van der Waals surface area contributed by atoms with E-state index in [0.717, 1.165) is 42.0 Å². The molecule has 0 saturated heterocycles. The second-order valence-corrected chi connectivity index (χ2v) is 7.98. The number of pyridine rings is 1.